The van der Waals surface area contributed by atoms with Crippen molar-refractivity contribution in [3.63, 3.8) is 0 Å². The molecule has 5 nitrogen and oxygen atoms in total. The molecule has 1 aromatic rings. The Labute approximate surface area is 107 Å². The number of benzene rings is 1. The molecule has 0 atom stereocenters. The normalized spacial score (nSPS) is 11.4. The summed E-state index contributed by atoms with van der Waals surface area (Å²) in [7, 11) is 0. The van der Waals surface area contributed by atoms with E-state index >= 15 is 0 Å². The number of carboxylic acids is 1. The van der Waals surface area contributed by atoms with Crippen LogP contribution in [0.3, 0.4) is 0 Å². The molecule has 106 valence electrons. The molecule has 0 unspecified atom stereocenters. The first-order chi connectivity index (χ1) is 8.76. The molecule has 0 amide bonds. The molecular weight excluding hydrogens is 265 g/mol. The zero-order chi connectivity index (χ0) is 14.6. The summed E-state index contributed by atoms with van der Waals surface area (Å²) in [5.41, 5.74) is 4.90. The van der Waals surface area contributed by atoms with Gasteiger partial charge in [0, 0.05) is 6.54 Å². The maximum atomic E-state index is 12.5. The lowest BCUT2D eigenvalue weighted by Gasteiger charge is -2.27. The van der Waals surface area contributed by atoms with E-state index in [2.05, 4.69) is 0 Å². The number of para-hydroxylation sites is 1. The van der Waals surface area contributed by atoms with E-state index in [1.807, 2.05) is 0 Å². The van der Waals surface area contributed by atoms with E-state index in [0.29, 0.717) is 4.90 Å². The molecule has 1 rings (SSSR count). The van der Waals surface area contributed by atoms with Gasteiger partial charge in [0.2, 0.25) is 0 Å². The minimum absolute atomic E-state index is 0.0856. The average molecular weight is 278 g/mol. The number of hydrogen-bond donors (Lipinski definition) is 3. The van der Waals surface area contributed by atoms with Crippen LogP contribution in [-0.4, -0.2) is 42.1 Å². The van der Waals surface area contributed by atoms with Gasteiger partial charge in [0.25, 0.3) is 0 Å². The van der Waals surface area contributed by atoms with Crippen LogP contribution in [0.4, 0.5) is 24.5 Å². The largest absolute Gasteiger partial charge is 0.478 e. The van der Waals surface area contributed by atoms with E-state index in [4.69, 9.17) is 15.9 Å². The Balaban J connectivity index is 3.25. The quantitative estimate of drug-likeness (QED) is 0.707. The van der Waals surface area contributed by atoms with Crippen molar-refractivity contribution in [2.24, 2.45) is 0 Å². The number of carbonyl (C=O) groups is 1. The number of carboxylic acid groups (broad SMARTS) is 1. The average Bonchev–Trinajstić information content (AvgIpc) is 2.26. The van der Waals surface area contributed by atoms with Gasteiger partial charge >= 0.3 is 12.1 Å². The number of halogens is 3. The van der Waals surface area contributed by atoms with Crippen LogP contribution >= 0.6 is 0 Å². The van der Waals surface area contributed by atoms with Gasteiger partial charge in [-0.3, -0.25) is 0 Å². The zero-order valence-corrected chi connectivity index (χ0v) is 9.81. The van der Waals surface area contributed by atoms with Gasteiger partial charge in [-0.05, 0) is 12.1 Å². The lowest BCUT2D eigenvalue weighted by atomic mass is 10.1. The Kier molecular flexibility index (Phi) is 4.60. The van der Waals surface area contributed by atoms with Gasteiger partial charge in [-0.25, -0.2) is 4.79 Å². The zero-order valence-electron chi connectivity index (χ0n) is 9.81. The van der Waals surface area contributed by atoms with Gasteiger partial charge in [0.05, 0.1) is 23.5 Å². The van der Waals surface area contributed by atoms with E-state index in [9.17, 15) is 18.0 Å². The number of aliphatic hydroxyl groups is 1. The molecule has 0 aliphatic rings. The molecule has 0 aliphatic carbocycles. The first-order valence-electron chi connectivity index (χ1n) is 5.30. The Morgan fingerprint density at radius 3 is 2.47 bits per heavy atom. The van der Waals surface area contributed by atoms with Crippen molar-refractivity contribution in [1.29, 1.82) is 0 Å². The number of nitrogen functional groups attached to an aromatic ring is 1. The van der Waals surface area contributed by atoms with Gasteiger partial charge in [-0.2, -0.15) is 13.2 Å². The van der Waals surface area contributed by atoms with E-state index < -0.39 is 25.3 Å². The van der Waals surface area contributed by atoms with Crippen LogP contribution in [-0.2, 0) is 0 Å². The molecule has 0 spiro atoms. The second-order valence-electron chi connectivity index (χ2n) is 3.81. The maximum Gasteiger partial charge on any atom is 0.405 e. The van der Waals surface area contributed by atoms with Gasteiger partial charge in [0.15, 0.2) is 0 Å². The van der Waals surface area contributed by atoms with Crippen LogP contribution in [0.15, 0.2) is 18.2 Å². The number of hydrogen-bond acceptors (Lipinski definition) is 4. The lowest BCUT2D eigenvalue weighted by molar-refractivity contribution is -0.119. The minimum atomic E-state index is -4.53. The number of aromatic carboxylic acids is 1. The Morgan fingerprint density at radius 2 is 2.00 bits per heavy atom. The van der Waals surface area contributed by atoms with Crippen molar-refractivity contribution >= 4 is 17.3 Å². The van der Waals surface area contributed by atoms with Crippen molar-refractivity contribution in [3.8, 4) is 0 Å². The van der Waals surface area contributed by atoms with Crippen LogP contribution < -0.4 is 10.6 Å². The number of alkyl halides is 3. The van der Waals surface area contributed by atoms with Crippen LogP contribution in [0.5, 0.6) is 0 Å². The van der Waals surface area contributed by atoms with Gasteiger partial charge in [-0.1, -0.05) is 6.07 Å². The van der Waals surface area contributed by atoms with Crippen LogP contribution in [0.1, 0.15) is 10.4 Å². The van der Waals surface area contributed by atoms with Crippen molar-refractivity contribution in [2.45, 2.75) is 6.18 Å². The molecule has 8 heteroatoms. The third-order valence-electron chi connectivity index (χ3n) is 2.35. The monoisotopic (exact) mass is 278 g/mol. The fourth-order valence-electron chi connectivity index (χ4n) is 1.69. The first-order valence-corrected chi connectivity index (χ1v) is 5.30. The smallest absolute Gasteiger partial charge is 0.405 e. The van der Waals surface area contributed by atoms with E-state index in [1.165, 1.54) is 12.1 Å². The molecule has 0 saturated heterocycles. The summed E-state index contributed by atoms with van der Waals surface area (Å²) >= 11 is 0. The van der Waals surface area contributed by atoms with Crippen molar-refractivity contribution in [3.05, 3.63) is 23.8 Å². The molecule has 0 heterocycles. The highest BCUT2D eigenvalue weighted by Gasteiger charge is 2.32. The predicted molar refractivity (Wildman–Crippen MR) is 63.2 cm³/mol. The highest BCUT2D eigenvalue weighted by Crippen LogP contribution is 2.30. The summed E-state index contributed by atoms with van der Waals surface area (Å²) < 4.78 is 37.4. The standard InChI is InChI=1S/C11H13F3N2O3/c12-11(13,14)6-16(4-5-17)9-7(10(18)19)2-1-3-8(9)15/h1-3,17H,4-6,15H2,(H,18,19). The van der Waals surface area contributed by atoms with E-state index in [-0.39, 0.29) is 23.5 Å². The van der Waals surface area contributed by atoms with Crippen LogP contribution in [0, 0.1) is 0 Å². The van der Waals surface area contributed by atoms with Crippen molar-refractivity contribution in [2.75, 3.05) is 30.3 Å². The molecule has 1 aromatic carbocycles. The van der Waals surface area contributed by atoms with Gasteiger partial charge in [-0.15, -0.1) is 0 Å². The van der Waals surface area contributed by atoms with Crippen molar-refractivity contribution in [1.82, 2.24) is 0 Å². The lowest BCUT2D eigenvalue weighted by Crippen LogP contribution is -2.37. The van der Waals surface area contributed by atoms with E-state index in [0.717, 1.165) is 6.07 Å². The molecular formula is C11H13F3N2O3. The molecule has 0 saturated carbocycles. The molecule has 0 radical (unpaired) electrons. The predicted octanol–water partition coefficient (Wildman–Crippen LogP) is 1.33. The molecule has 0 aromatic heterocycles. The highest BCUT2D eigenvalue weighted by atomic mass is 19.4. The third-order valence-corrected chi connectivity index (χ3v) is 2.35. The fourth-order valence-corrected chi connectivity index (χ4v) is 1.69. The highest BCUT2D eigenvalue weighted by molar-refractivity contribution is 5.98. The molecule has 0 aliphatic heterocycles. The Morgan fingerprint density at radius 1 is 1.37 bits per heavy atom. The summed E-state index contributed by atoms with van der Waals surface area (Å²) in [5, 5.41) is 17.8. The summed E-state index contributed by atoms with van der Waals surface area (Å²) in [5.74, 6) is -1.38. The molecule has 0 fully saturated rings. The summed E-state index contributed by atoms with van der Waals surface area (Å²) in [6.45, 7) is -2.31. The number of nitrogens with two attached hydrogens (primary N) is 1. The maximum absolute atomic E-state index is 12.5. The second kappa shape index (κ2) is 5.79. The number of rotatable bonds is 5. The van der Waals surface area contributed by atoms with Crippen LogP contribution in [0.2, 0.25) is 0 Å². The minimum Gasteiger partial charge on any atom is -0.478 e. The fraction of sp³-hybridized carbons (Fsp3) is 0.364. The van der Waals surface area contributed by atoms with Gasteiger partial charge < -0.3 is 20.8 Å². The first kappa shape index (κ1) is 15.1. The summed E-state index contributed by atoms with van der Waals surface area (Å²) in [4.78, 5) is 11.7. The molecule has 0 bridgehead atoms. The Hall–Kier alpha value is -1.96. The second-order valence-corrected chi connectivity index (χ2v) is 3.81. The topological polar surface area (TPSA) is 86.8 Å². The molecule has 19 heavy (non-hydrogen) atoms. The molecule has 4 N–H and O–H groups in total. The number of anilines is 2. The summed E-state index contributed by atoms with van der Waals surface area (Å²) in [6, 6.07) is 3.81. The van der Waals surface area contributed by atoms with Gasteiger partial charge in [0.1, 0.15) is 6.54 Å². The SMILES string of the molecule is Nc1cccc(C(=O)O)c1N(CCO)CC(F)(F)F. The Bertz CT molecular complexity index is 463. The summed E-state index contributed by atoms with van der Waals surface area (Å²) in [6.07, 6.45) is -4.53. The van der Waals surface area contributed by atoms with E-state index in [1.54, 1.807) is 0 Å². The van der Waals surface area contributed by atoms with Crippen molar-refractivity contribution < 1.29 is 28.2 Å². The number of nitrogens with zero attached hydrogens (tertiary/aromatic N) is 1. The van der Waals surface area contributed by atoms with Crippen LogP contribution in [0.25, 0.3) is 0 Å². The third kappa shape index (κ3) is 4.02. The number of aliphatic hydroxyl groups excluding tert-OH is 1.